The number of fused-ring (bicyclic) bond motifs is 2. The summed E-state index contributed by atoms with van der Waals surface area (Å²) in [6.45, 7) is 0. The van der Waals surface area contributed by atoms with E-state index in [0.717, 1.165) is 15.4 Å². The number of carbonyl (C=O) groups excluding carboxylic acids is 1. The number of carbonyl (C=O) groups is 2. The lowest BCUT2D eigenvalue weighted by Gasteiger charge is -2.13. The number of aliphatic carboxylic acids is 1. The van der Waals surface area contributed by atoms with Gasteiger partial charge in [-0.3, -0.25) is 14.7 Å². The highest BCUT2D eigenvalue weighted by Crippen LogP contribution is 2.28. The Morgan fingerprint density at radius 3 is 2.55 bits per heavy atom. The van der Waals surface area contributed by atoms with Gasteiger partial charge in [0.15, 0.2) is 11.4 Å². The molecule has 0 aliphatic heterocycles. The topological polar surface area (TPSA) is 145 Å². The molecule has 4 aromatic heterocycles. The second-order valence-corrected chi connectivity index (χ2v) is 8.80. The number of amides is 1. The van der Waals surface area contributed by atoms with Crippen LogP contribution in [0.4, 0.5) is 0 Å². The third-order valence-electron chi connectivity index (χ3n) is 6.29. The number of carboxylic acid groups (broad SMARTS) is 1. The molecule has 0 fully saturated rings. The van der Waals surface area contributed by atoms with Crippen molar-refractivity contribution in [1.82, 2.24) is 24.9 Å². The number of hydrogen-bond donors (Lipinski definition) is 4. The van der Waals surface area contributed by atoms with Crippen molar-refractivity contribution in [3.8, 4) is 22.6 Å². The number of hydrogen-bond acceptors (Lipinski definition) is 5. The fourth-order valence-electron chi connectivity index (χ4n) is 4.50. The van der Waals surface area contributed by atoms with Gasteiger partial charge >= 0.3 is 5.97 Å². The quantitative estimate of drug-likeness (QED) is 0.258. The number of carboxylic acids is 1. The van der Waals surface area contributed by atoms with Crippen LogP contribution < -0.4 is 10.9 Å². The Bertz CT molecular complexity index is 1810. The van der Waals surface area contributed by atoms with Gasteiger partial charge in [-0.05, 0) is 35.2 Å². The molecule has 10 heteroatoms. The average molecular weight is 508 g/mol. The molecular weight excluding hydrogens is 486 g/mol. The third-order valence-corrected chi connectivity index (χ3v) is 6.29. The van der Waals surface area contributed by atoms with Gasteiger partial charge in [-0.25, -0.2) is 14.3 Å². The number of aromatic nitrogens is 4. The summed E-state index contributed by atoms with van der Waals surface area (Å²) < 4.78 is 6.69. The standard InChI is InChI=1S/C28H21N5O5/c34-26(30-21(28(36)37)14-18-13-17-9-4-5-10-19(17)29-18)20-15-23-31-25(22-11-6-12-38-22)24(27(35)33(23)32-20)16-7-2-1-3-8-16/h1-13,15,21,29,32H,14H2,(H,30,34)(H,36,37). The van der Waals surface area contributed by atoms with Gasteiger partial charge in [-0.2, -0.15) is 0 Å². The molecule has 1 unspecified atom stereocenters. The lowest BCUT2D eigenvalue weighted by molar-refractivity contribution is -0.139. The number of para-hydroxylation sites is 1. The van der Waals surface area contributed by atoms with Gasteiger partial charge in [0.1, 0.15) is 17.4 Å². The molecule has 1 atom stereocenters. The number of benzene rings is 2. The van der Waals surface area contributed by atoms with Crippen LogP contribution in [0.1, 0.15) is 16.2 Å². The zero-order chi connectivity index (χ0) is 26.2. The largest absolute Gasteiger partial charge is 0.480 e. The van der Waals surface area contributed by atoms with Crippen molar-refractivity contribution in [2.24, 2.45) is 0 Å². The second-order valence-electron chi connectivity index (χ2n) is 8.80. The molecule has 0 aliphatic carbocycles. The predicted octanol–water partition coefficient (Wildman–Crippen LogP) is 3.86. The SMILES string of the molecule is O=C(NC(Cc1cc2ccccc2[nH]1)C(=O)O)c1cc2nc(-c3ccco3)c(-c3ccccc3)c(=O)n2[nH]1. The summed E-state index contributed by atoms with van der Waals surface area (Å²) >= 11 is 0. The van der Waals surface area contributed by atoms with Crippen LogP contribution in [0.5, 0.6) is 0 Å². The van der Waals surface area contributed by atoms with Crippen molar-refractivity contribution < 1.29 is 19.1 Å². The maximum atomic E-state index is 13.6. The van der Waals surface area contributed by atoms with Gasteiger partial charge in [-0.15, -0.1) is 0 Å². The molecule has 0 bridgehead atoms. The summed E-state index contributed by atoms with van der Waals surface area (Å²) in [6, 6.07) is 22.1. The first-order valence-corrected chi connectivity index (χ1v) is 11.8. The molecule has 4 N–H and O–H groups in total. The molecule has 10 nitrogen and oxygen atoms in total. The molecule has 0 radical (unpaired) electrons. The van der Waals surface area contributed by atoms with Crippen LogP contribution >= 0.6 is 0 Å². The van der Waals surface area contributed by atoms with E-state index < -0.39 is 23.5 Å². The number of furan rings is 1. The number of rotatable bonds is 7. The average Bonchev–Trinajstić information content (AvgIpc) is 3.68. The van der Waals surface area contributed by atoms with E-state index in [1.54, 1.807) is 24.3 Å². The van der Waals surface area contributed by atoms with Gasteiger partial charge in [0.05, 0.1) is 11.8 Å². The Balaban J connectivity index is 1.35. The monoisotopic (exact) mass is 507 g/mol. The first kappa shape index (κ1) is 23.0. The molecule has 0 saturated carbocycles. The maximum Gasteiger partial charge on any atom is 0.326 e. The van der Waals surface area contributed by atoms with Crippen LogP contribution in [-0.2, 0) is 11.2 Å². The maximum absolute atomic E-state index is 13.6. The zero-order valence-electron chi connectivity index (χ0n) is 19.8. The highest BCUT2D eigenvalue weighted by molar-refractivity contribution is 5.96. The van der Waals surface area contributed by atoms with E-state index in [1.807, 2.05) is 48.5 Å². The molecule has 0 aliphatic rings. The molecule has 0 spiro atoms. The molecule has 4 heterocycles. The molecule has 0 saturated heterocycles. The van der Waals surface area contributed by atoms with Crippen molar-refractivity contribution in [2.45, 2.75) is 12.5 Å². The molecule has 1 amide bonds. The molecule has 2 aromatic carbocycles. The molecular formula is C28H21N5O5. The Kier molecular flexibility index (Phi) is 5.61. The number of aromatic amines is 2. The van der Waals surface area contributed by atoms with Crippen molar-refractivity contribution in [2.75, 3.05) is 0 Å². The second kappa shape index (κ2) is 9.25. The van der Waals surface area contributed by atoms with E-state index in [1.165, 1.54) is 12.3 Å². The number of nitrogens with zero attached hydrogens (tertiary/aromatic N) is 2. The fourth-order valence-corrected chi connectivity index (χ4v) is 4.50. The van der Waals surface area contributed by atoms with Gasteiger partial charge in [0.2, 0.25) is 0 Å². The van der Waals surface area contributed by atoms with Crippen LogP contribution in [0.3, 0.4) is 0 Å². The van der Waals surface area contributed by atoms with Crippen LogP contribution in [0.15, 0.2) is 94.3 Å². The van der Waals surface area contributed by atoms with Crippen LogP contribution in [0, 0.1) is 0 Å². The Morgan fingerprint density at radius 1 is 1.03 bits per heavy atom. The molecule has 6 rings (SSSR count). The Labute approximate surface area is 214 Å². The van der Waals surface area contributed by atoms with Gasteiger partial charge in [-0.1, -0.05) is 48.5 Å². The van der Waals surface area contributed by atoms with E-state index in [0.29, 0.717) is 28.3 Å². The van der Waals surface area contributed by atoms with Crippen LogP contribution in [0.25, 0.3) is 39.1 Å². The number of nitrogens with one attached hydrogen (secondary N) is 3. The van der Waals surface area contributed by atoms with Crippen LogP contribution in [0.2, 0.25) is 0 Å². The normalized spacial score (nSPS) is 12.1. The minimum atomic E-state index is -1.20. The smallest absolute Gasteiger partial charge is 0.326 e. The third kappa shape index (κ3) is 4.13. The molecule has 38 heavy (non-hydrogen) atoms. The van der Waals surface area contributed by atoms with E-state index >= 15 is 0 Å². The zero-order valence-corrected chi connectivity index (χ0v) is 19.8. The van der Waals surface area contributed by atoms with Crippen LogP contribution in [-0.4, -0.2) is 42.6 Å². The summed E-state index contributed by atoms with van der Waals surface area (Å²) in [6.07, 6.45) is 1.54. The molecule has 6 aromatic rings. The summed E-state index contributed by atoms with van der Waals surface area (Å²) in [5.74, 6) is -1.46. The Morgan fingerprint density at radius 2 is 1.82 bits per heavy atom. The van der Waals surface area contributed by atoms with Crippen molar-refractivity contribution in [3.05, 3.63) is 107 Å². The first-order chi connectivity index (χ1) is 18.5. The number of H-pyrrole nitrogens is 2. The Hall–Kier alpha value is -5.38. The van der Waals surface area contributed by atoms with Crippen molar-refractivity contribution in [3.63, 3.8) is 0 Å². The van der Waals surface area contributed by atoms with Crippen molar-refractivity contribution in [1.29, 1.82) is 0 Å². The summed E-state index contributed by atoms with van der Waals surface area (Å²) in [5, 5.41) is 16.0. The van der Waals surface area contributed by atoms with Crippen molar-refractivity contribution >= 4 is 28.4 Å². The minimum Gasteiger partial charge on any atom is -0.480 e. The van der Waals surface area contributed by atoms with E-state index in [9.17, 15) is 19.5 Å². The fraction of sp³-hybridized carbons (Fsp3) is 0.0714. The summed E-state index contributed by atoms with van der Waals surface area (Å²) in [5.41, 5.74) is 2.56. The van der Waals surface area contributed by atoms with Gasteiger partial charge < -0.3 is 19.8 Å². The lowest BCUT2D eigenvalue weighted by atomic mass is 10.0. The first-order valence-electron chi connectivity index (χ1n) is 11.8. The van der Waals surface area contributed by atoms with E-state index in [4.69, 9.17) is 4.42 Å². The minimum absolute atomic E-state index is 0.00639. The summed E-state index contributed by atoms with van der Waals surface area (Å²) in [4.78, 5) is 46.4. The lowest BCUT2D eigenvalue weighted by Crippen LogP contribution is -2.42. The molecule has 188 valence electrons. The highest BCUT2D eigenvalue weighted by Gasteiger charge is 2.25. The van der Waals surface area contributed by atoms with Gasteiger partial charge in [0.25, 0.3) is 11.5 Å². The van der Waals surface area contributed by atoms with E-state index in [-0.39, 0.29) is 17.8 Å². The van der Waals surface area contributed by atoms with E-state index in [2.05, 4.69) is 20.4 Å². The summed E-state index contributed by atoms with van der Waals surface area (Å²) in [7, 11) is 0. The van der Waals surface area contributed by atoms with Gasteiger partial charge in [0, 0.05) is 23.7 Å². The highest BCUT2D eigenvalue weighted by atomic mass is 16.4. The predicted molar refractivity (Wildman–Crippen MR) is 140 cm³/mol.